The molecule has 0 aliphatic carbocycles. The monoisotopic (exact) mass is 631 g/mol. The number of nitrogens with zero attached hydrogens (tertiary/aromatic N) is 5. The second kappa shape index (κ2) is 10.3. The van der Waals surface area contributed by atoms with Crippen LogP contribution in [0.2, 0.25) is 0 Å². The van der Waals surface area contributed by atoms with Crippen molar-refractivity contribution in [2.24, 2.45) is 0 Å². The molecule has 0 unspecified atom stereocenters. The summed E-state index contributed by atoms with van der Waals surface area (Å²) in [6.07, 6.45) is 7.94. The molecular weight excluding hydrogens is 599 g/mol. The fourth-order valence-electron chi connectivity index (χ4n) is 8.01. The van der Waals surface area contributed by atoms with E-state index in [0.717, 1.165) is 19.4 Å². The Bertz CT molecular complexity index is 1970. The lowest BCUT2D eigenvalue weighted by molar-refractivity contribution is -0.00713. The van der Waals surface area contributed by atoms with Crippen LogP contribution in [0.4, 0.5) is 19.0 Å². The van der Waals surface area contributed by atoms with Gasteiger partial charge in [0, 0.05) is 30.5 Å². The molecule has 3 saturated heterocycles. The molecule has 9 nitrogen and oxygen atoms in total. The van der Waals surface area contributed by atoms with Gasteiger partial charge in [0.25, 0.3) is 0 Å². The van der Waals surface area contributed by atoms with E-state index in [9.17, 15) is 19.0 Å². The van der Waals surface area contributed by atoms with Crippen molar-refractivity contribution in [3.8, 4) is 41.2 Å². The number of aromatic nitrogens is 3. The molecule has 0 amide bonds. The molecule has 4 aromatic rings. The standard InChI is InChI=1S/C34H32F3N5O4/c1-3-21-23(36)7-6-18-12-20(43)13-22(25(18)21)28-27(37)29-26-30(42-11-4-8-33(2,44)24(42)16-45-31(26)38-28)40-32(39-29)46-17-34-9-5-10-41(34)15-19(35)14-34/h1,6-7,12-13,19,24,43-44H,4-5,8-11,14-17H2,2H3/t19-,24-,33-,34+/m1/s1. The number of phenols is 1. The zero-order valence-electron chi connectivity index (χ0n) is 25.2. The van der Waals surface area contributed by atoms with Crippen LogP contribution in [0.15, 0.2) is 24.3 Å². The van der Waals surface area contributed by atoms with E-state index in [1.54, 1.807) is 6.92 Å². The van der Waals surface area contributed by atoms with Crippen molar-refractivity contribution in [1.29, 1.82) is 0 Å². The average Bonchev–Trinajstić information content (AvgIpc) is 3.49. The summed E-state index contributed by atoms with van der Waals surface area (Å²) >= 11 is 0. The van der Waals surface area contributed by atoms with E-state index in [4.69, 9.17) is 20.9 Å². The van der Waals surface area contributed by atoms with E-state index >= 15 is 4.39 Å². The molecule has 46 heavy (non-hydrogen) atoms. The molecule has 0 bridgehead atoms. The van der Waals surface area contributed by atoms with Gasteiger partial charge in [-0.3, -0.25) is 4.90 Å². The van der Waals surface area contributed by atoms with Gasteiger partial charge in [-0.1, -0.05) is 12.0 Å². The number of benzene rings is 2. The minimum absolute atomic E-state index is 0.0185. The third kappa shape index (κ3) is 4.36. The van der Waals surface area contributed by atoms with Gasteiger partial charge in [-0.25, -0.2) is 18.2 Å². The van der Waals surface area contributed by atoms with E-state index in [0.29, 0.717) is 43.6 Å². The maximum absolute atomic E-state index is 16.9. The number of fused-ring (bicyclic) bond motifs is 4. The topological polar surface area (TPSA) is 104 Å². The quantitative estimate of drug-likeness (QED) is 0.305. The number of ether oxygens (including phenoxy) is 2. The van der Waals surface area contributed by atoms with Gasteiger partial charge in [-0.15, -0.1) is 6.42 Å². The second-order valence-electron chi connectivity index (χ2n) is 13.1. The Morgan fingerprint density at radius 2 is 1.96 bits per heavy atom. The number of anilines is 1. The van der Waals surface area contributed by atoms with Crippen molar-refractivity contribution >= 4 is 27.5 Å². The molecule has 4 atom stereocenters. The number of hydrogen-bond donors (Lipinski definition) is 2. The number of pyridine rings is 1. The Morgan fingerprint density at radius 1 is 1.13 bits per heavy atom. The summed E-state index contributed by atoms with van der Waals surface area (Å²) < 4.78 is 58.8. The molecule has 2 aromatic heterocycles. The van der Waals surface area contributed by atoms with Gasteiger partial charge in [0.2, 0.25) is 5.88 Å². The van der Waals surface area contributed by atoms with Crippen molar-refractivity contribution < 1.29 is 32.9 Å². The maximum Gasteiger partial charge on any atom is 0.319 e. The maximum atomic E-state index is 16.9. The van der Waals surface area contributed by atoms with Gasteiger partial charge in [0.15, 0.2) is 5.82 Å². The molecule has 0 radical (unpaired) electrons. The second-order valence-corrected chi connectivity index (χ2v) is 13.1. The number of hydrogen-bond acceptors (Lipinski definition) is 9. The first-order chi connectivity index (χ1) is 22.1. The van der Waals surface area contributed by atoms with Crippen LogP contribution in [-0.2, 0) is 0 Å². The molecule has 4 aliphatic rings. The van der Waals surface area contributed by atoms with E-state index < -0.39 is 35.0 Å². The zero-order valence-corrected chi connectivity index (χ0v) is 25.2. The third-order valence-corrected chi connectivity index (χ3v) is 10.2. The largest absolute Gasteiger partial charge is 0.508 e. The molecule has 8 rings (SSSR count). The number of aliphatic hydroxyl groups is 1. The van der Waals surface area contributed by atoms with Crippen LogP contribution in [0.25, 0.3) is 32.9 Å². The zero-order chi connectivity index (χ0) is 32.0. The minimum atomic E-state index is -1.15. The summed E-state index contributed by atoms with van der Waals surface area (Å²) in [5.74, 6) is 0.923. The van der Waals surface area contributed by atoms with Gasteiger partial charge < -0.3 is 24.6 Å². The Kier molecular flexibility index (Phi) is 6.54. The number of rotatable bonds is 4. The first kappa shape index (κ1) is 29.1. The third-order valence-electron chi connectivity index (χ3n) is 10.2. The molecule has 12 heteroatoms. The normalized spacial score (nSPS) is 27.3. The number of aromatic hydroxyl groups is 1. The highest BCUT2D eigenvalue weighted by Gasteiger charge is 2.50. The van der Waals surface area contributed by atoms with Crippen LogP contribution in [0.5, 0.6) is 17.6 Å². The van der Waals surface area contributed by atoms with Crippen LogP contribution < -0.4 is 14.4 Å². The van der Waals surface area contributed by atoms with Crippen molar-refractivity contribution in [1.82, 2.24) is 19.9 Å². The molecule has 2 N–H and O–H groups in total. The van der Waals surface area contributed by atoms with Crippen LogP contribution in [0, 0.1) is 24.0 Å². The lowest BCUT2D eigenvalue weighted by Gasteiger charge is -2.44. The van der Waals surface area contributed by atoms with Gasteiger partial charge in [-0.05, 0) is 62.7 Å². The highest BCUT2D eigenvalue weighted by molar-refractivity contribution is 6.04. The molecule has 4 aliphatic heterocycles. The molecule has 2 aromatic carbocycles. The Hall–Kier alpha value is -4.34. The lowest BCUT2D eigenvalue weighted by Crippen LogP contribution is -2.58. The number of terminal acetylenes is 1. The highest BCUT2D eigenvalue weighted by Crippen LogP contribution is 2.46. The number of alkyl halides is 1. The van der Waals surface area contributed by atoms with Crippen LogP contribution >= 0.6 is 0 Å². The van der Waals surface area contributed by atoms with Crippen LogP contribution in [-0.4, -0.2) is 86.3 Å². The van der Waals surface area contributed by atoms with Crippen molar-refractivity contribution in [3.63, 3.8) is 0 Å². The fraction of sp³-hybridized carbons (Fsp3) is 0.441. The molecular formula is C34H32F3N5O4. The van der Waals surface area contributed by atoms with Gasteiger partial charge in [0.1, 0.15) is 53.4 Å². The number of halogens is 3. The summed E-state index contributed by atoms with van der Waals surface area (Å²) in [6.45, 7) is 3.52. The smallest absolute Gasteiger partial charge is 0.319 e. The number of piperidine rings is 1. The summed E-state index contributed by atoms with van der Waals surface area (Å²) in [7, 11) is 0. The minimum Gasteiger partial charge on any atom is -0.508 e. The van der Waals surface area contributed by atoms with E-state index in [2.05, 4.69) is 20.8 Å². The summed E-state index contributed by atoms with van der Waals surface area (Å²) in [5, 5.41) is 22.8. The van der Waals surface area contributed by atoms with E-state index in [1.807, 2.05) is 4.90 Å². The Labute approximate surface area is 263 Å². The Morgan fingerprint density at radius 3 is 2.78 bits per heavy atom. The molecule has 0 spiro atoms. The van der Waals surface area contributed by atoms with E-state index in [1.165, 1.54) is 24.3 Å². The first-order valence-corrected chi connectivity index (χ1v) is 15.6. The molecule has 238 valence electrons. The molecule has 0 saturated carbocycles. The van der Waals surface area contributed by atoms with Crippen molar-refractivity contribution in [3.05, 3.63) is 41.5 Å². The average molecular weight is 632 g/mol. The predicted octanol–water partition coefficient (Wildman–Crippen LogP) is 4.88. The summed E-state index contributed by atoms with van der Waals surface area (Å²) in [4.78, 5) is 17.8. The van der Waals surface area contributed by atoms with Crippen molar-refractivity contribution in [2.75, 3.05) is 37.7 Å². The molecule has 3 fully saturated rings. The van der Waals surface area contributed by atoms with E-state index in [-0.39, 0.29) is 64.0 Å². The van der Waals surface area contributed by atoms with Crippen LogP contribution in [0.3, 0.4) is 0 Å². The van der Waals surface area contributed by atoms with Crippen molar-refractivity contribution in [2.45, 2.75) is 62.4 Å². The SMILES string of the molecule is C#Cc1c(F)ccc2cc(O)cc(-c3nc4c5c(nc(OC[C@@]67CCCN6C[C@H](F)C7)nc5c3F)N3CCC[C@@](C)(O)[C@H]3CO4)c12. The first-order valence-electron chi connectivity index (χ1n) is 15.6. The number of phenolic OH excluding ortho intramolecular Hbond substituents is 1. The molecule has 6 heterocycles. The van der Waals surface area contributed by atoms with Gasteiger partial charge in [-0.2, -0.15) is 9.97 Å². The Balaban J connectivity index is 1.34. The predicted molar refractivity (Wildman–Crippen MR) is 165 cm³/mol. The van der Waals surface area contributed by atoms with Crippen LogP contribution in [0.1, 0.15) is 44.6 Å². The fourth-order valence-corrected chi connectivity index (χ4v) is 8.01. The highest BCUT2D eigenvalue weighted by atomic mass is 19.1. The van der Waals surface area contributed by atoms with Gasteiger partial charge in [0.05, 0.1) is 22.7 Å². The summed E-state index contributed by atoms with van der Waals surface area (Å²) in [5.41, 5.74) is -2.11. The van der Waals surface area contributed by atoms with Gasteiger partial charge >= 0.3 is 6.01 Å². The summed E-state index contributed by atoms with van der Waals surface area (Å²) in [6, 6.07) is 4.68. The lowest BCUT2D eigenvalue weighted by atomic mass is 9.86.